The summed E-state index contributed by atoms with van der Waals surface area (Å²) >= 11 is 0. The van der Waals surface area contributed by atoms with Crippen molar-refractivity contribution >= 4 is 11.9 Å². The van der Waals surface area contributed by atoms with E-state index < -0.39 is 17.9 Å². The van der Waals surface area contributed by atoms with Crippen molar-refractivity contribution in [2.75, 3.05) is 13.7 Å². The topological polar surface area (TPSA) is 136 Å². The fourth-order valence-electron chi connectivity index (χ4n) is 2.85. The summed E-state index contributed by atoms with van der Waals surface area (Å²) in [5.41, 5.74) is -0.300. The Bertz CT molecular complexity index is 1000. The Morgan fingerprint density at radius 2 is 1.64 bits per heavy atom. The maximum absolute atomic E-state index is 12.7. The fourth-order valence-corrected chi connectivity index (χ4v) is 2.85. The third-order valence-corrected chi connectivity index (χ3v) is 4.04. The lowest BCUT2D eigenvalue weighted by Crippen LogP contribution is -2.33. The lowest BCUT2D eigenvalue weighted by Gasteiger charge is -2.28. The average Bonchev–Trinajstić information content (AvgIpc) is 2.75. The van der Waals surface area contributed by atoms with Gasteiger partial charge in [-0.25, -0.2) is 9.59 Å². The Kier molecular flexibility index (Phi) is 6.52. The van der Waals surface area contributed by atoms with E-state index in [1.165, 1.54) is 6.07 Å². The summed E-state index contributed by atoms with van der Waals surface area (Å²) in [6, 6.07) is 12.0. The number of nitrogens with zero attached hydrogens (tertiary/aromatic N) is 3. The van der Waals surface area contributed by atoms with Crippen molar-refractivity contribution in [2.24, 2.45) is 0 Å². The summed E-state index contributed by atoms with van der Waals surface area (Å²) in [6.07, 6.45) is 0.553. The third kappa shape index (κ3) is 3.70. The number of hydrogen-bond donors (Lipinski definition) is 1. The molecule has 1 aliphatic rings. The number of allylic oxidation sites excluding steroid dienone is 2. The second-order valence-electron chi connectivity index (χ2n) is 5.69. The highest BCUT2D eigenvalue weighted by Gasteiger charge is 2.41. The minimum atomic E-state index is -1.17. The van der Waals surface area contributed by atoms with Gasteiger partial charge in [-0.05, 0) is 18.1 Å². The van der Waals surface area contributed by atoms with Gasteiger partial charge in [-0.2, -0.15) is 15.8 Å². The summed E-state index contributed by atoms with van der Waals surface area (Å²) in [5.74, 6) is -2.85. The second kappa shape index (κ2) is 9.02. The van der Waals surface area contributed by atoms with Gasteiger partial charge in [-0.3, -0.25) is 0 Å². The number of methoxy groups -OCH3 is 1. The molecule has 1 atom stereocenters. The minimum absolute atomic E-state index is 0.107. The highest BCUT2D eigenvalue weighted by atomic mass is 16.5. The molecule has 1 N–H and O–H groups in total. The van der Waals surface area contributed by atoms with Crippen LogP contribution in [0.25, 0.3) is 0 Å². The Morgan fingerprint density at radius 3 is 2.18 bits per heavy atom. The molecule has 140 valence electrons. The lowest BCUT2D eigenvalue weighted by atomic mass is 9.78. The van der Waals surface area contributed by atoms with Crippen molar-refractivity contribution in [1.29, 1.82) is 15.8 Å². The lowest BCUT2D eigenvalue weighted by molar-refractivity contribution is -0.139. The van der Waals surface area contributed by atoms with Crippen LogP contribution in [0.1, 0.15) is 30.4 Å². The van der Waals surface area contributed by atoms with E-state index in [9.17, 15) is 25.4 Å². The molecule has 1 aromatic rings. The largest absolute Gasteiger partial charge is 0.466 e. The van der Waals surface area contributed by atoms with Crippen LogP contribution in [0, 0.1) is 34.0 Å². The van der Waals surface area contributed by atoms with Crippen molar-refractivity contribution in [3.05, 3.63) is 57.9 Å². The molecule has 2 rings (SSSR count). The number of carbonyl (C=O) groups is 2. The Hall–Kier alpha value is -4.09. The molecule has 1 unspecified atom stereocenters. The van der Waals surface area contributed by atoms with E-state index in [2.05, 4.69) is 5.32 Å². The molecule has 0 saturated carbocycles. The van der Waals surface area contributed by atoms with Gasteiger partial charge in [-0.1, -0.05) is 25.1 Å². The van der Waals surface area contributed by atoms with E-state index in [1.807, 2.05) is 25.1 Å². The predicted octanol–water partition coefficient (Wildman–Crippen LogP) is 1.93. The number of esters is 2. The molecular weight excluding hydrogens is 360 g/mol. The number of dihydropyridines is 1. The molecule has 0 fully saturated rings. The molecule has 0 bridgehead atoms. The molecule has 0 aromatic heterocycles. The van der Waals surface area contributed by atoms with Crippen molar-refractivity contribution in [3.8, 4) is 18.2 Å². The Balaban J connectivity index is 2.83. The molecule has 0 saturated heterocycles. The molecule has 1 aliphatic heterocycles. The van der Waals surface area contributed by atoms with Crippen LogP contribution in [0.15, 0.2) is 46.8 Å². The number of carbonyl (C=O) groups excluding carboxylic acids is 2. The summed E-state index contributed by atoms with van der Waals surface area (Å²) in [5, 5.41) is 31.0. The number of nitriles is 3. The summed E-state index contributed by atoms with van der Waals surface area (Å²) in [4.78, 5) is 25.2. The zero-order valence-electron chi connectivity index (χ0n) is 15.3. The van der Waals surface area contributed by atoms with Crippen LogP contribution >= 0.6 is 0 Å². The standard InChI is InChI=1S/C20H16N4O4/c1-3-8-28-20(26)18-15(11-23)24-14(10-22)17(19(25)27-2)16(18)13-7-5-4-6-12(13)9-21/h4-7,16,24H,3,8H2,1-2H3. The van der Waals surface area contributed by atoms with Gasteiger partial charge < -0.3 is 14.8 Å². The number of rotatable bonds is 5. The zero-order chi connectivity index (χ0) is 20.7. The van der Waals surface area contributed by atoms with Crippen LogP contribution in [0.4, 0.5) is 0 Å². The van der Waals surface area contributed by atoms with Gasteiger partial charge in [0.1, 0.15) is 23.5 Å². The average molecular weight is 376 g/mol. The summed E-state index contributed by atoms with van der Waals surface area (Å²) in [7, 11) is 1.14. The molecule has 1 heterocycles. The van der Waals surface area contributed by atoms with Crippen molar-refractivity contribution < 1.29 is 19.1 Å². The maximum Gasteiger partial charge on any atom is 0.337 e. The normalized spacial score (nSPS) is 15.6. The van der Waals surface area contributed by atoms with Crippen LogP contribution in [0.3, 0.4) is 0 Å². The summed E-state index contributed by atoms with van der Waals surface area (Å²) < 4.78 is 9.99. The van der Waals surface area contributed by atoms with Gasteiger partial charge in [0.25, 0.3) is 0 Å². The van der Waals surface area contributed by atoms with Crippen LogP contribution in [-0.2, 0) is 19.1 Å². The predicted molar refractivity (Wildman–Crippen MR) is 95.6 cm³/mol. The SMILES string of the molecule is CCCOC(=O)C1=C(C#N)NC(C#N)=C(C(=O)OC)C1c1ccccc1C#N. The first kappa shape index (κ1) is 20.2. The Morgan fingerprint density at radius 1 is 1.04 bits per heavy atom. The van der Waals surface area contributed by atoms with E-state index >= 15 is 0 Å². The van der Waals surface area contributed by atoms with E-state index in [-0.39, 0.29) is 40.3 Å². The smallest absolute Gasteiger partial charge is 0.337 e. The second-order valence-corrected chi connectivity index (χ2v) is 5.69. The first-order valence-electron chi connectivity index (χ1n) is 8.33. The maximum atomic E-state index is 12.7. The van der Waals surface area contributed by atoms with Crippen LogP contribution in [0.5, 0.6) is 0 Å². The number of hydrogen-bond acceptors (Lipinski definition) is 8. The van der Waals surface area contributed by atoms with E-state index in [0.29, 0.717) is 6.42 Å². The molecular formula is C20H16N4O4. The molecule has 8 nitrogen and oxygen atoms in total. The molecule has 0 spiro atoms. The van der Waals surface area contributed by atoms with Crippen molar-refractivity contribution in [1.82, 2.24) is 5.32 Å². The van der Waals surface area contributed by atoms with Gasteiger partial charge >= 0.3 is 11.9 Å². The number of benzene rings is 1. The summed E-state index contributed by atoms with van der Waals surface area (Å²) in [6.45, 7) is 1.91. The first-order valence-corrected chi connectivity index (χ1v) is 8.33. The van der Waals surface area contributed by atoms with E-state index in [4.69, 9.17) is 9.47 Å². The quantitative estimate of drug-likeness (QED) is 0.770. The number of ether oxygens (including phenoxy) is 2. The fraction of sp³-hybridized carbons (Fsp3) is 0.250. The van der Waals surface area contributed by atoms with Gasteiger partial charge in [0.2, 0.25) is 0 Å². The van der Waals surface area contributed by atoms with Gasteiger partial charge in [0.15, 0.2) is 0 Å². The molecule has 1 aromatic carbocycles. The molecule has 8 heteroatoms. The molecule has 0 amide bonds. The van der Waals surface area contributed by atoms with E-state index in [0.717, 1.165) is 7.11 Å². The van der Waals surface area contributed by atoms with Gasteiger partial charge in [0, 0.05) is 0 Å². The first-order chi connectivity index (χ1) is 13.5. The van der Waals surface area contributed by atoms with Crippen LogP contribution < -0.4 is 5.32 Å². The molecule has 28 heavy (non-hydrogen) atoms. The van der Waals surface area contributed by atoms with Crippen molar-refractivity contribution in [2.45, 2.75) is 19.3 Å². The number of nitrogens with one attached hydrogen (secondary N) is 1. The van der Waals surface area contributed by atoms with Crippen LogP contribution in [0.2, 0.25) is 0 Å². The zero-order valence-corrected chi connectivity index (χ0v) is 15.3. The third-order valence-electron chi connectivity index (χ3n) is 4.04. The Labute approximate surface area is 161 Å². The monoisotopic (exact) mass is 376 g/mol. The minimum Gasteiger partial charge on any atom is -0.466 e. The highest BCUT2D eigenvalue weighted by molar-refractivity contribution is 6.01. The molecule has 0 aliphatic carbocycles. The van der Waals surface area contributed by atoms with Crippen LogP contribution in [-0.4, -0.2) is 25.7 Å². The van der Waals surface area contributed by atoms with Crippen molar-refractivity contribution in [3.63, 3.8) is 0 Å². The molecule has 0 radical (unpaired) electrons. The van der Waals surface area contributed by atoms with E-state index in [1.54, 1.807) is 18.2 Å². The van der Waals surface area contributed by atoms with Gasteiger partial charge in [0.05, 0.1) is 42.4 Å². The highest BCUT2D eigenvalue weighted by Crippen LogP contribution is 2.40. The van der Waals surface area contributed by atoms with Gasteiger partial charge in [-0.15, -0.1) is 0 Å².